The summed E-state index contributed by atoms with van der Waals surface area (Å²) in [4.78, 5) is 7.03. The summed E-state index contributed by atoms with van der Waals surface area (Å²) in [5, 5.41) is 3.51. The Balaban J connectivity index is 1.58. The van der Waals surface area contributed by atoms with Crippen molar-refractivity contribution in [3.05, 3.63) is 22.3 Å². The molecule has 0 spiro atoms. The van der Waals surface area contributed by atoms with Gasteiger partial charge in [-0.15, -0.1) is 0 Å². The van der Waals surface area contributed by atoms with Crippen LogP contribution in [0, 0.1) is 5.92 Å². The predicted molar refractivity (Wildman–Crippen MR) is 99.3 cm³/mol. The highest BCUT2D eigenvalue weighted by atomic mass is 79.9. The molecule has 0 unspecified atom stereocenters. The van der Waals surface area contributed by atoms with Crippen molar-refractivity contribution in [3.63, 3.8) is 0 Å². The molecule has 1 aromatic rings. The molecule has 0 aromatic carbocycles. The molecule has 2 atom stereocenters. The van der Waals surface area contributed by atoms with Crippen molar-refractivity contribution in [2.24, 2.45) is 5.92 Å². The van der Waals surface area contributed by atoms with Crippen LogP contribution in [0.5, 0.6) is 0 Å². The number of rotatable bonds is 5. The zero-order valence-corrected chi connectivity index (χ0v) is 16.2. The second-order valence-electron chi connectivity index (χ2n) is 7.07. The van der Waals surface area contributed by atoms with Gasteiger partial charge in [0.25, 0.3) is 0 Å². The van der Waals surface area contributed by atoms with Crippen LogP contribution >= 0.6 is 15.9 Å². The van der Waals surface area contributed by atoms with Gasteiger partial charge in [-0.05, 0) is 66.2 Å². The first-order valence-corrected chi connectivity index (χ1v) is 9.73. The summed E-state index contributed by atoms with van der Waals surface area (Å²) in [6.45, 7) is 9.93. The summed E-state index contributed by atoms with van der Waals surface area (Å²) < 4.78 is 12.1. The molecule has 1 aromatic heterocycles. The van der Waals surface area contributed by atoms with Crippen molar-refractivity contribution in [1.29, 1.82) is 0 Å². The Kier molecular flexibility index (Phi) is 6.49. The number of aromatic nitrogens is 1. The molecular formula is C18H28BrN3O2. The van der Waals surface area contributed by atoms with Crippen LogP contribution in [0.1, 0.15) is 32.3 Å². The van der Waals surface area contributed by atoms with Crippen molar-refractivity contribution in [1.82, 2.24) is 9.88 Å². The Morgan fingerprint density at radius 1 is 1.21 bits per heavy atom. The van der Waals surface area contributed by atoms with Crippen molar-refractivity contribution in [2.45, 2.75) is 45.4 Å². The molecule has 3 rings (SSSR count). The van der Waals surface area contributed by atoms with Gasteiger partial charge >= 0.3 is 0 Å². The fourth-order valence-corrected chi connectivity index (χ4v) is 4.09. The molecule has 2 aliphatic rings. The topological polar surface area (TPSA) is 46.6 Å². The normalized spacial score (nSPS) is 26.5. The molecule has 0 radical (unpaired) electrons. The first kappa shape index (κ1) is 18.1. The van der Waals surface area contributed by atoms with Gasteiger partial charge in [-0.1, -0.05) is 0 Å². The molecule has 3 heterocycles. The van der Waals surface area contributed by atoms with Gasteiger partial charge in [-0.25, -0.2) is 4.98 Å². The van der Waals surface area contributed by atoms with Gasteiger partial charge in [0.05, 0.1) is 12.2 Å². The lowest BCUT2D eigenvalue weighted by molar-refractivity contribution is -0.0704. The van der Waals surface area contributed by atoms with Crippen molar-refractivity contribution in [2.75, 3.05) is 38.2 Å². The van der Waals surface area contributed by atoms with Crippen LogP contribution in [0.3, 0.4) is 0 Å². The van der Waals surface area contributed by atoms with Crippen LogP contribution in [-0.2, 0) is 16.0 Å². The fraction of sp³-hybridized carbons (Fsp3) is 0.722. The van der Waals surface area contributed by atoms with E-state index in [1.165, 1.54) is 5.56 Å². The van der Waals surface area contributed by atoms with Crippen LogP contribution < -0.4 is 5.32 Å². The number of morpholine rings is 1. The van der Waals surface area contributed by atoms with Gasteiger partial charge in [0.2, 0.25) is 0 Å². The number of anilines is 1. The summed E-state index contributed by atoms with van der Waals surface area (Å²) in [7, 11) is 0. The van der Waals surface area contributed by atoms with E-state index in [4.69, 9.17) is 9.47 Å². The molecule has 0 bridgehead atoms. The molecule has 0 saturated carbocycles. The molecule has 24 heavy (non-hydrogen) atoms. The van der Waals surface area contributed by atoms with E-state index in [1.807, 2.05) is 0 Å². The van der Waals surface area contributed by atoms with Crippen LogP contribution in [0.2, 0.25) is 0 Å². The first-order chi connectivity index (χ1) is 11.6. The SMILES string of the molecule is C[C@@H]1CN(Cc2cc(Br)nc(NCC3CCOCC3)c2)C[C@H](C)O1. The Bertz CT molecular complexity index is 527. The van der Waals surface area contributed by atoms with Gasteiger partial charge in [0.1, 0.15) is 10.4 Å². The summed E-state index contributed by atoms with van der Waals surface area (Å²) in [6, 6.07) is 4.29. The molecule has 6 heteroatoms. The van der Waals surface area contributed by atoms with E-state index in [1.54, 1.807) is 0 Å². The fourth-order valence-electron chi connectivity index (χ4n) is 3.60. The summed E-state index contributed by atoms with van der Waals surface area (Å²) in [5.41, 5.74) is 1.28. The largest absolute Gasteiger partial charge is 0.381 e. The zero-order chi connectivity index (χ0) is 16.9. The number of hydrogen-bond acceptors (Lipinski definition) is 5. The minimum atomic E-state index is 0.296. The monoisotopic (exact) mass is 397 g/mol. The molecule has 5 nitrogen and oxygen atoms in total. The third-order valence-corrected chi connectivity index (χ3v) is 5.07. The number of hydrogen-bond donors (Lipinski definition) is 1. The maximum atomic E-state index is 5.82. The van der Waals surface area contributed by atoms with E-state index in [0.29, 0.717) is 18.1 Å². The minimum Gasteiger partial charge on any atom is -0.381 e. The molecular weight excluding hydrogens is 370 g/mol. The standard InChI is InChI=1S/C18H28BrN3O2/c1-13-10-22(11-14(2)24-13)12-16-7-17(19)21-18(8-16)20-9-15-3-5-23-6-4-15/h7-8,13-15H,3-6,9-12H2,1-2H3,(H,20,21)/t13-,14+. The number of nitrogens with one attached hydrogen (secondary N) is 1. The van der Waals surface area contributed by atoms with E-state index in [-0.39, 0.29) is 0 Å². The molecule has 134 valence electrons. The second-order valence-corrected chi connectivity index (χ2v) is 7.88. The van der Waals surface area contributed by atoms with Crippen molar-refractivity contribution in [3.8, 4) is 0 Å². The van der Waals surface area contributed by atoms with E-state index < -0.39 is 0 Å². The van der Waals surface area contributed by atoms with E-state index in [0.717, 1.165) is 62.7 Å². The van der Waals surface area contributed by atoms with Gasteiger partial charge in [-0.3, -0.25) is 4.90 Å². The number of nitrogens with zero attached hydrogens (tertiary/aromatic N) is 2. The van der Waals surface area contributed by atoms with Crippen LogP contribution in [0.25, 0.3) is 0 Å². The Morgan fingerprint density at radius 3 is 2.62 bits per heavy atom. The van der Waals surface area contributed by atoms with Crippen LogP contribution in [-0.4, -0.2) is 54.9 Å². The highest BCUT2D eigenvalue weighted by molar-refractivity contribution is 9.10. The van der Waals surface area contributed by atoms with Crippen molar-refractivity contribution < 1.29 is 9.47 Å². The second kappa shape index (κ2) is 8.61. The predicted octanol–water partition coefficient (Wildman–Crippen LogP) is 3.29. The summed E-state index contributed by atoms with van der Waals surface area (Å²) >= 11 is 3.55. The molecule has 1 N–H and O–H groups in total. The highest BCUT2D eigenvalue weighted by Crippen LogP contribution is 2.21. The lowest BCUT2D eigenvalue weighted by Gasteiger charge is -2.35. The van der Waals surface area contributed by atoms with Crippen molar-refractivity contribution >= 4 is 21.7 Å². The average Bonchev–Trinajstić information content (AvgIpc) is 2.52. The molecule has 0 aliphatic carbocycles. The van der Waals surface area contributed by atoms with Crippen LogP contribution in [0.4, 0.5) is 5.82 Å². The first-order valence-electron chi connectivity index (χ1n) is 8.94. The number of pyridine rings is 1. The smallest absolute Gasteiger partial charge is 0.127 e. The Morgan fingerprint density at radius 2 is 1.92 bits per heavy atom. The summed E-state index contributed by atoms with van der Waals surface area (Å²) in [5.74, 6) is 1.64. The number of ether oxygens (including phenoxy) is 2. The zero-order valence-electron chi connectivity index (χ0n) is 14.6. The van der Waals surface area contributed by atoms with Crippen LogP contribution in [0.15, 0.2) is 16.7 Å². The van der Waals surface area contributed by atoms with Gasteiger partial charge in [0.15, 0.2) is 0 Å². The van der Waals surface area contributed by atoms with Gasteiger partial charge in [0, 0.05) is 39.4 Å². The lowest BCUT2D eigenvalue weighted by Crippen LogP contribution is -2.44. The Labute approximate surface area is 153 Å². The maximum Gasteiger partial charge on any atom is 0.127 e. The van der Waals surface area contributed by atoms with Gasteiger partial charge < -0.3 is 14.8 Å². The molecule has 0 amide bonds. The van der Waals surface area contributed by atoms with Gasteiger partial charge in [-0.2, -0.15) is 0 Å². The minimum absolute atomic E-state index is 0.296. The van der Waals surface area contributed by atoms with E-state index >= 15 is 0 Å². The average molecular weight is 398 g/mol. The third kappa shape index (κ3) is 5.41. The van der Waals surface area contributed by atoms with E-state index in [9.17, 15) is 0 Å². The lowest BCUT2D eigenvalue weighted by atomic mass is 10.0. The number of halogens is 1. The third-order valence-electron chi connectivity index (χ3n) is 4.67. The molecule has 2 saturated heterocycles. The maximum absolute atomic E-state index is 5.82. The highest BCUT2D eigenvalue weighted by Gasteiger charge is 2.22. The van der Waals surface area contributed by atoms with E-state index in [2.05, 4.69) is 57.1 Å². The quantitative estimate of drug-likeness (QED) is 0.772. The molecule has 2 fully saturated rings. The summed E-state index contributed by atoms with van der Waals surface area (Å²) in [6.07, 6.45) is 2.87. The Hall–Kier alpha value is -0.690. The molecule has 2 aliphatic heterocycles.